The number of aliphatic hydroxyl groups is 2. The third-order valence-electron chi connectivity index (χ3n) is 6.22. The third kappa shape index (κ3) is 6.10. The number of carbonyl (C=O) groups excluding carboxylic acids is 1. The molecule has 2 heterocycles. The zero-order valence-corrected chi connectivity index (χ0v) is 20.6. The molecule has 2 N–H and O–H groups in total. The predicted octanol–water partition coefficient (Wildman–Crippen LogP) is 3.84. The fourth-order valence-electron chi connectivity index (χ4n) is 4.33. The second kappa shape index (κ2) is 10.9. The van der Waals surface area contributed by atoms with E-state index in [1.54, 1.807) is 28.0 Å². The van der Waals surface area contributed by atoms with Gasteiger partial charge in [0.05, 0.1) is 30.1 Å². The average Bonchev–Trinajstić information content (AvgIpc) is 3.07. The van der Waals surface area contributed by atoms with Gasteiger partial charge in [0.2, 0.25) is 5.91 Å². The molecule has 0 aliphatic carbocycles. The number of likely N-dealkylation sites (N-methyl/N-ethyl adjacent to an activating group) is 1. The zero-order chi connectivity index (χ0) is 26.7. The van der Waals surface area contributed by atoms with Crippen LogP contribution in [0.25, 0.3) is 11.3 Å². The Hall–Kier alpha value is -3.47. The molecule has 10 heteroatoms. The summed E-state index contributed by atoms with van der Waals surface area (Å²) in [5, 5.41) is 19.3. The first-order valence-corrected chi connectivity index (χ1v) is 11.8. The number of halogens is 3. The molecule has 1 aliphatic heterocycles. The summed E-state index contributed by atoms with van der Waals surface area (Å²) in [6.07, 6.45) is -5.53. The topological polar surface area (TPSA) is 80.1 Å². The smallest absolute Gasteiger partial charge is 0.393 e. The number of hydrogen-bond donors (Lipinski definition) is 2. The second-order valence-corrected chi connectivity index (χ2v) is 9.24. The Morgan fingerprint density at radius 3 is 2.46 bits per heavy atom. The summed E-state index contributed by atoms with van der Waals surface area (Å²) in [7, 11) is 3.63. The molecule has 7 nitrogen and oxygen atoms in total. The Bertz CT molecular complexity index is 1250. The van der Waals surface area contributed by atoms with Gasteiger partial charge in [0, 0.05) is 36.6 Å². The summed E-state index contributed by atoms with van der Waals surface area (Å²) >= 11 is 0. The van der Waals surface area contributed by atoms with Crippen LogP contribution in [0.5, 0.6) is 0 Å². The van der Waals surface area contributed by atoms with Crippen LogP contribution < -0.4 is 4.90 Å². The number of hydrogen-bond acceptors (Lipinski definition) is 6. The van der Waals surface area contributed by atoms with E-state index in [-0.39, 0.29) is 12.5 Å². The van der Waals surface area contributed by atoms with Crippen molar-refractivity contribution < 1.29 is 28.2 Å². The van der Waals surface area contributed by atoms with Gasteiger partial charge in [-0.25, -0.2) is 4.98 Å². The highest BCUT2D eigenvalue weighted by Crippen LogP contribution is 2.36. The van der Waals surface area contributed by atoms with E-state index in [2.05, 4.69) is 4.98 Å². The molecular formula is C27H29F3N4O3. The van der Waals surface area contributed by atoms with Gasteiger partial charge in [0.15, 0.2) is 0 Å². The van der Waals surface area contributed by atoms with E-state index in [9.17, 15) is 28.2 Å². The summed E-state index contributed by atoms with van der Waals surface area (Å²) in [5.74, 6) is -0.0539. The minimum absolute atomic E-state index is 0.0539. The Balaban J connectivity index is 1.75. The zero-order valence-electron chi connectivity index (χ0n) is 20.6. The molecule has 3 aromatic rings. The van der Waals surface area contributed by atoms with E-state index >= 15 is 0 Å². The van der Waals surface area contributed by atoms with Gasteiger partial charge in [-0.05, 0) is 68.2 Å². The average molecular weight is 515 g/mol. The van der Waals surface area contributed by atoms with Crippen molar-refractivity contribution in [2.75, 3.05) is 45.2 Å². The first-order valence-electron chi connectivity index (χ1n) is 11.8. The lowest BCUT2D eigenvalue weighted by Crippen LogP contribution is -2.39. The number of pyridine rings is 1. The number of aromatic nitrogens is 1. The summed E-state index contributed by atoms with van der Waals surface area (Å²) in [6, 6.07) is 15.8. The number of nitrogens with zero attached hydrogens (tertiary/aromatic N) is 4. The van der Waals surface area contributed by atoms with Gasteiger partial charge < -0.3 is 24.9 Å². The third-order valence-corrected chi connectivity index (χ3v) is 6.22. The lowest BCUT2D eigenvalue weighted by Gasteiger charge is -2.26. The highest BCUT2D eigenvalue weighted by atomic mass is 19.4. The quantitative estimate of drug-likeness (QED) is 0.521. The Kier molecular flexibility index (Phi) is 7.82. The molecule has 0 saturated carbocycles. The maximum Gasteiger partial charge on any atom is 0.416 e. The van der Waals surface area contributed by atoms with Crippen LogP contribution in [0, 0.1) is 0 Å². The number of anilines is 2. The lowest BCUT2D eigenvalue weighted by molar-refractivity contribution is -0.137. The number of rotatable bonds is 6. The van der Waals surface area contributed by atoms with Crippen LogP contribution in [0.3, 0.4) is 0 Å². The van der Waals surface area contributed by atoms with Gasteiger partial charge in [-0.3, -0.25) is 4.79 Å². The second-order valence-electron chi connectivity index (χ2n) is 9.24. The van der Waals surface area contributed by atoms with Gasteiger partial charge in [0.25, 0.3) is 0 Å². The van der Waals surface area contributed by atoms with Crippen molar-refractivity contribution in [3.8, 4) is 11.3 Å². The van der Waals surface area contributed by atoms with Crippen molar-refractivity contribution in [3.63, 3.8) is 0 Å². The first kappa shape index (κ1) is 26.6. The summed E-state index contributed by atoms with van der Waals surface area (Å²) in [6.45, 7) is 0.914. The number of alkyl halides is 3. The molecule has 2 aromatic carbocycles. The van der Waals surface area contributed by atoms with Gasteiger partial charge in [-0.1, -0.05) is 12.1 Å². The van der Waals surface area contributed by atoms with Crippen molar-refractivity contribution >= 4 is 17.3 Å². The molecule has 0 saturated heterocycles. The SMILES string of the molecule is CN(C)CC(=O)N1CCN(c2ccc(C(F)(F)F)cc2)c2ccc(-c3cccc([C@H](O)CO)n3)cc2C1. The summed E-state index contributed by atoms with van der Waals surface area (Å²) in [5.41, 5.74) is 3.15. The minimum atomic E-state index is -4.43. The van der Waals surface area contributed by atoms with E-state index in [1.807, 2.05) is 37.2 Å². The van der Waals surface area contributed by atoms with Crippen LogP contribution in [-0.2, 0) is 17.5 Å². The first-order chi connectivity index (χ1) is 17.6. The summed E-state index contributed by atoms with van der Waals surface area (Å²) in [4.78, 5) is 22.9. The lowest BCUT2D eigenvalue weighted by atomic mass is 10.0. The predicted molar refractivity (Wildman–Crippen MR) is 134 cm³/mol. The molecule has 37 heavy (non-hydrogen) atoms. The summed E-state index contributed by atoms with van der Waals surface area (Å²) < 4.78 is 39.4. The van der Waals surface area contributed by atoms with Crippen LogP contribution >= 0.6 is 0 Å². The van der Waals surface area contributed by atoms with Crippen molar-refractivity contribution in [3.05, 3.63) is 77.5 Å². The number of aliphatic hydroxyl groups excluding tert-OH is 2. The molecule has 0 radical (unpaired) electrons. The Morgan fingerprint density at radius 2 is 1.81 bits per heavy atom. The van der Waals surface area contributed by atoms with Crippen molar-refractivity contribution in [2.24, 2.45) is 0 Å². The van der Waals surface area contributed by atoms with Crippen molar-refractivity contribution in [1.29, 1.82) is 0 Å². The van der Waals surface area contributed by atoms with Crippen molar-refractivity contribution in [1.82, 2.24) is 14.8 Å². The van der Waals surface area contributed by atoms with Crippen molar-refractivity contribution in [2.45, 2.75) is 18.8 Å². The normalized spacial score (nSPS) is 14.9. The highest BCUT2D eigenvalue weighted by molar-refractivity contribution is 5.80. The number of amides is 1. The van der Waals surface area contributed by atoms with E-state index < -0.39 is 24.5 Å². The minimum Gasteiger partial charge on any atom is -0.393 e. The van der Waals surface area contributed by atoms with Crippen LogP contribution in [0.2, 0.25) is 0 Å². The van der Waals surface area contributed by atoms with Gasteiger partial charge in [-0.2, -0.15) is 13.2 Å². The van der Waals surface area contributed by atoms with Crippen LogP contribution in [0.1, 0.15) is 22.9 Å². The standard InChI is InChI=1S/C27H29F3N4O3/c1-32(2)16-26(37)33-12-13-34(21-9-7-20(8-10-21)27(28,29)30)24-11-6-18(14-19(24)15-33)22-4-3-5-23(31-22)25(36)17-35/h3-11,14,25,35-36H,12-13,15-17H2,1-2H3/t25-/m1/s1. The van der Waals surface area contributed by atoms with Crippen LogP contribution in [0.15, 0.2) is 60.7 Å². The van der Waals surface area contributed by atoms with E-state index in [4.69, 9.17) is 0 Å². The number of benzene rings is 2. The fourth-order valence-corrected chi connectivity index (χ4v) is 4.33. The maximum absolute atomic E-state index is 13.1. The molecule has 4 rings (SSSR count). The Labute approximate surface area is 213 Å². The van der Waals surface area contributed by atoms with E-state index in [0.29, 0.717) is 36.7 Å². The van der Waals surface area contributed by atoms with Crippen LogP contribution in [-0.4, -0.2) is 71.2 Å². The van der Waals surface area contributed by atoms with Gasteiger partial charge in [-0.15, -0.1) is 0 Å². The van der Waals surface area contributed by atoms with Gasteiger partial charge >= 0.3 is 6.18 Å². The molecule has 1 aromatic heterocycles. The number of fused-ring (bicyclic) bond motifs is 1. The molecule has 0 unspecified atom stereocenters. The maximum atomic E-state index is 13.1. The molecule has 0 spiro atoms. The molecular weight excluding hydrogens is 485 g/mol. The molecule has 0 fully saturated rings. The molecule has 0 bridgehead atoms. The number of carbonyl (C=O) groups is 1. The molecule has 1 aliphatic rings. The largest absolute Gasteiger partial charge is 0.416 e. The Morgan fingerprint density at radius 1 is 1.08 bits per heavy atom. The molecule has 1 atom stereocenters. The van der Waals surface area contributed by atoms with E-state index in [0.717, 1.165) is 28.9 Å². The van der Waals surface area contributed by atoms with E-state index in [1.165, 1.54) is 12.1 Å². The highest BCUT2D eigenvalue weighted by Gasteiger charge is 2.31. The molecule has 196 valence electrons. The van der Waals surface area contributed by atoms with Crippen LogP contribution in [0.4, 0.5) is 24.5 Å². The molecule has 1 amide bonds. The monoisotopic (exact) mass is 514 g/mol. The van der Waals surface area contributed by atoms with Gasteiger partial charge in [0.1, 0.15) is 6.10 Å². The fraction of sp³-hybridized carbons (Fsp3) is 0.333.